The number of rotatable bonds is 3. The highest BCUT2D eigenvalue weighted by Gasteiger charge is 2.23. The number of halogens is 3. The van der Waals surface area contributed by atoms with Gasteiger partial charge in [0.1, 0.15) is 0 Å². The van der Waals surface area contributed by atoms with Crippen LogP contribution in [0.3, 0.4) is 0 Å². The number of hydrogen-bond donors (Lipinski definition) is 0. The Labute approximate surface area is 99.9 Å². The third kappa shape index (κ3) is 2.56. The fourth-order valence-corrected chi connectivity index (χ4v) is 1.53. The summed E-state index contributed by atoms with van der Waals surface area (Å²) in [6.07, 6.45) is 0. The minimum absolute atomic E-state index is 0.0412. The zero-order chi connectivity index (χ0) is 11.6. The molecule has 0 bridgehead atoms. The van der Waals surface area contributed by atoms with E-state index in [0.29, 0.717) is 0 Å². The lowest BCUT2D eigenvalue weighted by molar-refractivity contribution is -0.108. The molecule has 1 rings (SSSR count). The van der Waals surface area contributed by atoms with E-state index in [1.165, 1.54) is 18.2 Å². The lowest BCUT2D eigenvalue weighted by Crippen LogP contribution is -2.12. The van der Waals surface area contributed by atoms with Gasteiger partial charge in [-0.3, -0.25) is 14.4 Å². The van der Waals surface area contributed by atoms with Crippen LogP contribution in [0.15, 0.2) is 18.2 Å². The first kappa shape index (κ1) is 12.2. The number of Topliss-reactive ketones (excluding diaryl/α,β-unsaturated/α-hetero) is 1. The Kier molecular flexibility index (Phi) is 3.85. The standard InChI is InChI=1S/C9H3Cl3O3/c10-5-3-1-2-4(8(11)14)6(5)7(13)9(12)15/h1-3H. The monoisotopic (exact) mass is 264 g/mol. The number of benzene rings is 1. The summed E-state index contributed by atoms with van der Waals surface area (Å²) in [4.78, 5) is 32.9. The van der Waals surface area contributed by atoms with Crippen molar-refractivity contribution in [3.05, 3.63) is 34.3 Å². The van der Waals surface area contributed by atoms with Gasteiger partial charge in [-0.05, 0) is 35.3 Å². The summed E-state index contributed by atoms with van der Waals surface area (Å²) in [5.74, 6) is -1.05. The van der Waals surface area contributed by atoms with Crippen molar-refractivity contribution in [2.24, 2.45) is 0 Å². The molecule has 0 unspecified atom stereocenters. The van der Waals surface area contributed by atoms with Gasteiger partial charge in [0.25, 0.3) is 10.5 Å². The van der Waals surface area contributed by atoms with Gasteiger partial charge in [0.2, 0.25) is 5.78 Å². The second kappa shape index (κ2) is 4.75. The van der Waals surface area contributed by atoms with E-state index in [2.05, 4.69) is 0 Å². The molecule has 0 heterocycles. The van der Waals surface area contributed by atoms with Gasteiger partial charge in [0, 0.05) is 5.56 Å². The maximum Gasteiger partial charge on any atom is 0.293 e. The van der Waals surface area contributed by atoms with Gasteiger partial charge in [-0.2, -0.15) is 0 Å². The average Bonchev–Trinajstić information content (AvgIpc) is 2.16. The van der Waals surface area contributed by atoms with Gasteiger partial charge in [-0.15, -0.1) is 0 Å². The summed E-state index contributed by atoms with van der Waals surface area (Å²) >= 11 is 15.9. The normalized spacial score (nSPS) is 9.80. The molecule has 15 heavy (non-hydrogen) atoms. The molecule has 6 heteroatoms. The first-order valence-electron chi connectivity index (χ1n) is 3.67. The van der Waals surface area contributed by atoms with Gasteiger partial charge in [0.05, 0.1) is 10.6 Å². The van der Waals surface area contributed by atoms with Gasteiger partial charge < -0.3 is 0 Å². The Morgan fingerprint density at radius 3 is 2.13 bits per heavy atom. The molecule has 0 fully saturated rings. The summed E-state index contributed by atoms with van der Waals surface area (Å²) in [5.41, 5.74) is -0.401. The smallest absolute Gasteiger partial charge is 0.284 e. The molecule has 0 aromatic heterocycles. The number of ketones is 1. The van der Waals surface area contributed by atoms with E-state index in [1.807, 2.05) is 0 Å². The molecule has 0 amide bonds. The van der Waals surface area contributed by atoms with Gasteiger partial charge in [0.15, 0.2) is 0 Å². The highest BCUT2D eigenvalue weighted by molar-refractivity contribution is 6.84. The maximum atomic E-state index is 11.3. The highest BCUT2D eigenvalue weighted by Crippen LogP contribution is 2.22. The second-order valence-corrected chi connectivity index (χ2v) is 3.63. The highest BCUT2D eigenvalue weighted by atomic mass is 35.5. The topological polar surface area (TPSA) is 51.2 Å². The molecule has 1 aromatic rings. The van der Waals surface area contributed by atoms with E-state index in [0.717, 1.165) is 0 Å². The molecule has 0 aliphatic heterocycles. The summed E-state index contributed by atoms with van der Waals surface area (Å²) in [6, 6.07) is 4.08. The maximum absolute atomic E-state index is 11.3. The summed E-state index contributed by atoms with van der Waals surface area (Å²) < 4.78 is 0. The van der Waals surface area contributed by atoms with Gasteiger partial charge in [-0.25, -0.2) is 0 Å². The van der Waals surface area contributed by atoms with Crippen molar-refractivity contribution in [3.8, 4) is 0 Å². The van der Waals surface area contributed by atoms with Crippen LogP contribution in [0.2, 0.25) is 5.02 Å². The van der Waals surface area contributed by atoms with E-state index in [9.17, 15) is 14.4 Å². The molecule has 0 saturated carbocycles. The predicted molar refractivity (Wildman–Crippen MR) is 56.8 cm³/mol. The molecule has 0 spiro atoms. The van der Waals surface area contributed by atoms with Gasteiger partial charge >= 0.3 is 0 Å². The molecular formula is C9H3Cl3O3. The first-order valence-corrected chi connectivity index (χ1v) is 4.81. The molecule has 0 atom stereocenters. The predicted octanol–water partition coefficient (Wildman–Crippen LogP) is 2.67. The number of carbonyl (C=O) groups is 3. The van der Waals surface area contributed by atoms with Crippen LogP contribution in [0.1, 0.15) is 20.7 Å². The third-order valence-corrected chi connectivity index (χ3v) is 2.32. The molecule has 0 aliphatic rings. The van der Waals surface area contributed by atoms with Crippen molar-refractivity contribution in [2.45, 2.75) is 0 Å². The largest absolute Gasteiger partial charge is 0.293 e. The van der Waals surface area contributed by atoms with Crippen LogP contribution < -0.4 is 0 Å². The van der Waals surface area contributed by atoms with Crippen LogP contribution in [0.4, 0.5) is 0 Å². The second-order valence-electron chi connectivity index (χ2n) is 2.54. The van der Waals surface area contributed by atoms with Gasteiger partial charge in [-0.1, -0.05) is 17.7 Å². The molecule has 0 saturated heterocycles. The van der Waals surface area contributed by atoms with Crippen LogP contribution >= 0.6 is 34.8 Å². The minimum atomic E-state index is -1.22. The van der Waals surface area contributed by atoms with E-state index in [1.54, 1.807) is 0 Å². The molecule has 3 nitrogen and oxygen atoms in total. The zero-order valence-corrected chi connectivity index (χ0v) is 9.36. The Bertz CT molecular complexity index is 454. The van der Waals surface area contributed by atoms with Crippen LogP contribution in [0.25, 0.3) is 0 Å². The van der Waals surface area contributed by atoms with Crippen LogP contribution in [-0.2, 0) is 4.79 Å². The molecule has 78 valence electrons. The fraction of sp³-hybridized carbons (Fsp3) is 0. The molecule has 0 radical (unpaired) electrons. The van der Waals surface area contributed by atoms with E-state index >= 15 is 0 Å². The molecule has 1 aromatic carbocycles. The van der Waals surface area contributed by atoms with Crippen molar-refractivity contribution in [3.63, 3.8) is 0 Å². The van der Waals surface area contributed by atoms with Crippen LogP contribution in [0, 0.1) is 0 Å². The van der Waals surface area contributed by atoms with Crippen molar-refractivity contribution >= 4 is 51.1 Å². The van der Waals surface area contributed by atoms with E-state index in [-0.39, 0.29) is 16.1 Å². The zero-order valence-electron chi connectivity index (χ0n) is 7.09. The van der Waals surface area contributed by atoms with Crippen molar-refractivity contribution < 1.29 is 14.4 Å². The lowest BCUT2D eigenvalue weighted by Gasteiger charge is -2.03. The average molecular weight is 265 g/mol. The summed E-state index contributed by atoms with van der Waals surface area (Å²) in [5, 5.41) is -2.14. The van der Waals surface area contributed by atoms with Crippen molar-refractivity contribution in [2.75, 3.05) is 0 Å². The first-order chi connectivity index (χ1) is 6.95. The number of carbonyl (C=O) groups excluding carboxylic acids is 3. The molecule has 0 aliphatic carbocycles. The third-order valence-electron chi connectivity index (χ3n) is 1.63. The Hall–Kier alpha value is -0.900. The Morgan fingerprint density at radius 1 is 1.07 bits per heavy atom. The fourth-order valence-electron chi connectivity index (χ4n) is 1.02. The van der Waals surface area contributed by atoms with E-state index < -0.39 is 16.3 Å². The van der Waals surface area contributed by atoms with E-state index in [4.69, 9.17) is 34.8 Å². The quantitative estimate of drug-likeness (QED) is 0.479. The summed E-state index contributed by atoms with van der Waals surface area (Å²) in [6.45, 7) is 0. The van der Waals surface area contributed by atoms with Crippen LogP contribution in [-0.4, -0.2) is 16.3 Å². The molecule has 0 N–H and O–H groups in total. The minimum Gasteiger partial charge on any atom is -0.284 e. The van der Waals surface area contributed by atoms with Crippen molar-refractivity contribution in [1.82, 2.24) is 0 Å². The van der Waals surface area contributed by atoms with Crippen LogP contribution in [0.5, 0.6) is 0 Å². The SMILES string of the molecule is O=C(Cl)C(=O)c1c(Cl)cccc1C(=O)Cl. The summed E-state index contributed by atoms with van der Waals surface area (Å²) in [7, 11) is 0. The van der Waals surface area contributed by atoms with Crippen molar-refractivity contribution in [1.29, 1.82) is 0 Å². The molecular weight excluding hydrogens is 262 g/mol. The lowest BCUT2D eigenvalue weighted by atomic mass is 10.1. The Balaban J connectivity index is 3.44. The Morgan fingerprint density at radius 2 is 1.67 bits per heavy atom. The number of hydrogen-bond acceptors (Lipinski definition) is 3.